The van der Waals surface area contributed by atoms with E-state index in [1.54, 1.807) is 27.5 Å². The summed E-state index contributed by atoms with van der Waals surface area (Å²) in [5, 5.41) is 12.1. The molecule has 2 aliphatic rings. The number of ether oxygens (including phenoxy) is 3. The van der Waals surface area contributed by atoms with Crippen LogP contribution >= 0.6 is 12.2 Å². The summed E-state index contributed by atoms with van der Waals surface area (Å²) in [7, 11) is 4.89. The zero-order valence-corrected chi connectivity index (χ0v) is 41.8. The number of cyclic esters (lactones) is 1. The van der Waals surface area contributed by atoms with Crippen LogP contribution in [0.2, 0.25) is 0 Å². The number of aryl methyl sites for hydroxylation is 1. The highest BCUT2D eigenvalue weighted by Crippen LogP contribution is 2.41. The molecule has 6 bridgehead atoms. The quantitative estimate of drug-likeness (QED) is 0.0703. The van der Waals surface area contributed by atoms with Gasteiger partial charge in [-0.3, -0.25) is 29.2 Å². The van der Waals surface area contributed by atoms with Crippen molar-refractivity contribution in [1.29, 1.82) is 0 Å². The second kappa shape index (κ2) is 22.4. The van der Waals surface area contributed by atoms with Gasteiger partial charge in [0.25, 0.3) is 5.91 Å². The van der Waals surface area contributed by atoms with Gasteiger partial charge in [-0.1, -0.05) is 58.0 Å². The Labute approximate surface area is 410 Å². The summed E-state index contributed by atoms with van der Waals surface area (Å²) in [6.07, 6.45) is 5.53. The van der Waals surface area contributed by atoms with Crippen LogP contribution in [0, 0.1) is 11.3 Å². The van der Waals surface area contributed by atoms with Gasteiger partial charge in [-0.2, -0.15) is 0 Å². The molecule has 366 valence electrons. The maximum Gasteiger partial charge on any atom is 0.324 e. The molecular formula is C53H66N8O7S. The largest absolute Gasteiger partial charge is 0.497 e. The Morgan fingerprint density at radius 3 is 2.54 bits per heavy atom. The van der Waals surface area contributed by atoms with Crippen molar-refractivity contribution in [2.75, 3.05) is 46.3 Å². The van der Waals surface area contributed by atoms with Gasteiger partial charge in [0, 0.05) is 86.6 Å². The van der Waals surface area contributed by atoms with Crippen LogP contribution in [0.3, 0.4) is 0 Å². The Balaban J connectivity index is 1.19. The number of rotatable bonds is 13. The van der Waals surface area contributed by atoms with E-state index in [0.717, 1.165) is 61.4 Å². The fourth-order valence-electron chi connectivity index (χ4n) is 9.50. The number of amides is 3. The van der Waals surface area contributed by atoms with Crippen LogP contribution in [0.5, 0.6) is 5.75 Å². The molecule has 3 amide bonds. The van der Waals surface area contributed by atoms with Gasteiger partial charge < -0.3 is 39.6 Å². The van der Waals surface area contributed by atoms with Gasteiger partial charge in [-0.25, -0.2) is 5.43 Å². The van der Waals surface area contributed by atoms with Gasteiger partial charge in [0.15, 0.2) is 5.11 Å². The third-order valence-corrected chi connectivity index (χ3v) is 13.2. The maximum absolute atomic E-state index is 14.7. The van der Waals surface area contributed by atoms with Crippen molar-refractivity contribution in [1.82, 2.24) is 35.5 Å². The zero-order valence-electron chi connectivity index (χ0n) is 41.0. The summed E-state index contributed by atoms with van der Waals surface area (Å²) in [6.45, 7) is 11.9. The second-order valence-corrected chi connectivity index (χ2v) is 19.5. The number of nitrogens with zero attached hydrogens (tertiary/aromatic N) is 4. The van der Waals surface area contributed by atoms with E-state index in [1.807, 2.05) is 62.5 Å². The highest BCUT2D eigenvalue weighted by atomic mass is 32.1. The molecule has 4 N–H and O–H groups in total. The number of pyridine rings is 1. The number of benzene rings is 3. The number of thiocarbonyl (C=S) groups is 1. The molecule has 69 heavy (non-hydrogen) atoms. The summed E-state index contributed by atoms with van der Waals surface area (Å²) in [5.74, 6) is -1.16. The highest BCUT2D eigenvalue weighted by Gasteiger charge is 2.37. The minimum Gasteiger partial charge on any atom is -0.497 e. The molecule has 3 aromatic carbocycles. The average molecular weight is 959 g/mol. The second-order valence-electron chi connectivity index (χ2n) is 19.1. The molecule has 15 nitrogen and oxygen atoms in total. The molecule has 0 radical (unpaired) electrons. The fourth-order valence-corrected chi connectivity index (χ4v) is 9.72. The number of anilines is 1. The number of fused-ring (bicyclic) bond motifs is 6. The van der Waals surface area contributed by atoms with Crippen LogP contribution in [-0.4, -0.2) is 107 Å². The molecule has 2 aliphatic heterocycles. The van der Waals surface area contributed by atoms with Crippen LogP contribution in [-0.2, 0) is 54.6 Å². The van der Waals surface area contributed by atoms with Crippen molar-refractivity contribution in [2.45, 2.75) is 98.0 Å². The number of carbonyl (C=O) groups is 4. The number of likely N-dealkylation sites (N-methyl/N-ethyl adjacent to an activating group) is 1. The van der Waals surface area contributed by atoms with Crippen molar-refractivity contribution >= 4 is 57.6 Å². The number of aromatic nitrogens is 2. The molecule has 5 aromatic rings. The Morgan fingerprint density at radius 2 is 1.81 bits per heavy atom. The minimum absolute atomic E-state index is 0.0645. The summed E-state index contributed by atoms with van der Waals surface area (Å²) in [6, 6.07) is 21.1. The van der Waals surface area contributed by atoms with Crippen LogP contribution in [0.4, 0.5) is 5.69 Å². The van der Waals surface area contributed by atoms with E-state index in [0.29, 0.717) is 44.1 Å². The van der Waals surface area contributed by atoms with E-state index in [4.69, 9.17) is 26.4 Å². The van der Waals surface area contributed by atoms with Crippen molar-refractivity contribution in [2.24, 2.45) is 11.3 Å². The molecule has 3 atom stereocenters. The number of hydrogen-bond donors (Lipinski definition) is 4. The Bertz CT molecular complexity index is 2670. The van der Waals surface area contributed by atoms with Crippen molar-refractivity contribution < 1.29 is 33.4 Å². The van der Waals surface area contributed by atoms with Gasteiger partial charge in [0.1, 0.15) is 23.9 Å². The smallest absolute Gasteiger partial charge is 0.324 e. The third kappa shape index (κ3) is 11.9. The molecule has 16 heteroatoms. The highest BCUT2D eigenvalue weighted by molar-refractivity contribution is 7.80. The van der Waals surface area contributed by atoms with Crippen LogP contribution in [0.25, 0.3) is 33.3 Å². The lowest BCUT2D eigenvalue weighted by molar-refractivity contribution is -0.155. The topological polar surface area (TPSA) is 168 Å². The fraction of sp³-hybridized carbons (Fsp3) is 0.434. The number of hydrazine groups is 1. The van der Waals surface area contributed by atoms with Crippen LogP contribution in [0.1, 0.15) is 70.6 Å². The van der Waals surface area contributed by atoms with Crippen molar-refractivity contribution in [3.8, 4) is 28.1 Å². The van der Waals surface area contributed by atoms with Crippen molar-refractivity contribution in [3.63, 3.8) is 0 Å². The van der Waals surface area contributed by atoms with Crippen LogP contribution in [0.15, 0.2) is 85.2 Å². The number of carbonyl (C=O) groups excluding carboxylic acids is 4. The van der Waals surface area contributed by atoms with E-state index in [2.05, 4.69) is 82.0 Å². The monoisotopic (exact) mass is 958 g/mol. The Kier molecular flexibility index (Phi) is 16.4. The summed E-state index contributed by atoms with van der Waals surface area (Å²) >= 11 is 5.46. The zero-order chi connectivity index (χ0) is 49.4. The van der Waals surface area contributed by atoms with Gasteiger partial charge >= 0.3 is 5.97 Å². The summed E-state index contributed by atoms with van der Waals surface area (Å²) < 4.78 is 19.3. The SMILES string of the molecule is CCn1c(-c2cnccc2COC)c2c3cc(ccc31)-c1cccc(c1)C[C@H](NC(=O)[C@H](C(C)C)N(C)C(=O)CCNC(=S)Nc1ccc(OC)cc1)C(=O)N1CCC[C@H](N1)C(=O)OCC(C)(C)C2. The first kappa shape index (κ1) is 50.5. The van der Waals surface area contributed by atoms with E-state index < -0.39 is 41.3 Å². The molecule has 0 saturated carbocycles. The first-order chi connectivity index (χ1) is 33.1. The lowest BCUT2D eigenvalue weighted by Gasteiger charge is -2.36. The maximum atomic E-state index is 14.7. The lowest BCUT2D eigenvalue weighted by atomic mass is 9.84. The molecule has 2 aromatic heterocycles. The van der Waals surface area contributed by atoms with Crippen LogP contribution < -0.4 is 26.1 Å². The standard InChI is InChI=1S/C53H66N8O7S/c1-9-60-45-20-15-36-28-40(45)41(48(60)42-30-54-23-21-37(42)31-66-7)29-53(4,5)32-68-51(65)43-14-11-25-61(58-43)50(64)44(27-34-12-10-13-35(36)26-34)57-49(63)47(33(2)3)59(6)46(62)22-24-55-52(69)56-38-16-18-39(67-8)19-17-38/h10,12-13,15-21,23,26,28,30,33,43-44,47,58H,9,11,14,22,24-25,27,29,31-32H2,1-8H3,(H,57,63)(H2,55,56,69)/t43-,44-,47-/m0/s1. The van der Waals surface area contributed by atoms with E-state index in [1.165, 1.54) is 9.91 Å². The molecule has 7 rings (SSSR count). The Hall–Kier alpha value is -6.36. The minimum atomic E-state index is -1.04. The first-order valence-electron chi connectivity index (χ1n) is 23.8. The molecule has 0 spiro atoms. The number of nitrogens with one attached hydrogen (secondary N) is 4. The number of methoxy groups -OCH3 is 2. The van der Waals surface area contributed by atoms with E-state index in [9.17, 15) is 19.2 Å². The molecule has 1 saturated heterocycles. The van der Waals surface area contributed by atoms with E-state index in [-0.39, 0.29) is 37.8 Å². The number of esters is 1. The van der Waals surface area contributed by atoms with Gasteiger partial charge in [-0.05, 0) is 115 Å². The molecule has 1 fully saturated rings. The molecule has 4 heterocycles. The molecule has 0 unspecified atom stereocenters. The summed E-state index contributed by atoms with van der Waals surface area (Å²) in [4.78, 5) is 62.8. The predicted molar refractivity (Wildman–Crippen MR) is 272 cm³/mol. The Morgan fingerprint density at radius 1 is 1.04 bits per heavy atom. The average Bonchev–Trinajstić information content (AvgIpc) is 3.64. The molecular weight excluding hydrogens is 893 g/mol. The normalized spacial score (nSPS) is 17.7. The van der Waals surface area contributed by atoms with Gasteiger partial charge in [0.2, 0.25) is 11.8 Å². The van der Waals surface area contributed by atoms with Gasteiger partial charge in [0.05, 0.1) is 26.0 Å². The number of hydrogen-bond acceptors (Lipinski definition) is 10. The van der Waals surface area contributed by atoms with Crippen molar-refractivity contribution in [3.05, 3.63) is 102 Å². The first-order valence-corrected chi connectivity index (χ1v) is 24.2. The van der Waals surface area contributed by atoms with E-state index >= 15 is 0 Å². The summed E-state index contributed by atoms with van der Waals surface area (Å²) in [5.41, 5.74) is 11.4. The lowest BCUT2D eigenvalue weighted by Crippen LogP contribution is -2.62. The predicted octanol–water partition coefficient (Wildman–Crippen LogP) is 7.05. The molecule has 0 aliphatic carbocycles. The third-order valence-electron chi connectivity index (χ3n) is 12.9. The van der Waals surface area contributed by atoms with Gasteiger partial charge in [-0.15, -0.1) is 0 Å².